The lowest BCUT2D eigenvalue weighted by Gasteiger charge is -2.44. The molecular weight excluding hydrogens is 473 g/mol. The summed E-state index contributed by atoms with van der Waals surface area (Å²) >= 11 is 18.1. The summed E-state index contributed by atoms with van der Waals surface area (Å²) in [4.78, 5) is 26.9. The molecule has 3 atom stereocenters. The Bertz CT molecular complexity index is 1120. The molecule has 1 amide bonds. The van der Waals surface area contributed by atoms with Gasteiger partial charge in [-0.05, 0) is 53.1 Å². The van der Waals surface area contributed by atoms with Crippen molar-refractivity contribution in [2.24, 2.45) is 0 Å². The van der Waals surface area contributed by atoms with Crippen molar-refractivity contribution >= 4 is 46.7 Å². The van der Waals surface area contributed by atoms with E-state index in [1.807, 2.05) is 12.1 Å². The van der Waals surface area contributed by atoms with Crippen LogP contribution in [0.25, 0.3) is 0 Å². The Morgan fingerprint density at radius 1 is 0.844 bits per heavy atom. The van der Waals surface area contributed by atoms with E-state index in [-0.39, 0.29) is 6.61 Å². The summed E-state index contributed by atoms with van der Waals surface area (Å²) in [5.41, 5.74) is 1.90. The molecule has 3 aromatic carbocycles. The molecule has 0 aromatic heterocycles. The highest BCUT2D eigenvalue weighted by Gasteiger charge is 2.45. The first-order valence-corrected chi connectivity index (χ1v) is 10.9. The Labute approximate surface area is 200 Å². The van der Waals surface area contributed by atoms with E-state index < -0.39 is 30.1 Å². The third-order valence-corrected chi connectivity index (χ3v) is 6.12. The molecular formula is C24H18Cl3NO4. The van der Waals surface area contributed by atoms with E-state index in [1.165, 1.54) is 4.90 Å². The Kier molecular flexibility index (Phi) is 6.72. The number of nitrogens with zero attached hydrogens (tertiary/aromatic N) is 1. The summed E-state index contributed by atoms with van der Waals surface area (Å²) in [6.45, 7) is -0.255. The van der Waals surface area contributed by atoms with Crippen LogP contribution in [0, 0.1) is 0 Å². The lowest BCUT2D eigenvalue weighted by Crippen LogP contribution is -2.49. The van der Waals surface area contributed by atoms with Crippen molar-refractivity contribution < 1.29 is 19.4 Å². The Balaban J connectivity index is 1.86. The van der Waals surface area contributed by atoms with Crippen LogP contribution in [0.1, 0.15) is 34.9 Å². The van der Waals surface area contributed by atoms with Gasteiger partial charge in [-0.2, -0.15) is 0 Å². The van der Waals surface area contributed by atoms with Crippen molar-refractivity contribution in [3.05, 3.63) is 105 Å². The average molecular weight is 491 g/mol. The fourth-order valence-corrected chi connectivity index (χ4v) is 4.30. The number of ether oxygens (including phenoxy) is 1. The van der Waals surface area contributed by atoms with E-state index in [2.05, 4.69) is 0 Å². The van der Waals surface area contributed by atoms with Crippen LogP contribution in [0.3, 0.4) is 0 Å². The standard InChI is InChI=1S/C24H18Cl3NO4/c25-17-7-1-14(2-8-17)21-23(16-5-11-19(27)12-6-16)32-13-20(29)28(21)22(24(30)31)15-3-9-18(26)10-4-15/h1-12,21-23H,13H2,(H,30,31)/t21-,22-,23+/m0/s1. The van der Waals surface area contributed by atoms with Gasteiger partial charge in [0.25, 0.3) is 0 Å². The SMILES string of the molecule is O=C(O)[C@H](c1ccc(Cl)cc1)N1C(=O)CO[C@H](c2ccc(Cl)cc2)[C@@H]1c1ccc(Cl)cc1. The van der Waals surface area contributed by atoms with Crippen LogP contribution in [0.2, 0.25) is 15.1 Å². The van der Waals surface area contributed by atoms with Gasteiger partial charge in [0.05, 0.1) is 6.04 Å². The van der Waals surface area contributed by atoms with E-state index in [0.29, 0.717) is 26.2 Å². The second-order valence-corrected chi connectivity index (χ2v) is 8.68. The summed E-state index contributed by atoms with van der Waals surface area (Å²) < 4.78 is 5.95. The van der Waals surface area contributed by atoms with Gasteiger partial charge in [0.1, 0.15) is 12.7 Å². The second kappa shape index (κ2) is 9.51. The van der Waals surface area contributed by atoms with E-state index in [4.69, 9.17) is 39.5 Å². The van der Waals surface area contributed by atoms with Gasteiger partial charge in [-0.3, -0.25) is 4.79 Å². The number of rotatable bonds is 5. The molecule has 0 radical (unpaired) electrons. The smallest absolute Gasteiger partial charge is 0.331 e. The van der Waals surface area contributed by atoms with Gasteiger partial charge >= 0.3 is 5.97 Å². The molecule has 8 heteroatoms. The first-order valence-electron chi connectivity index (χ1n) is 9.77. The third-order valence-electron chi connectivity index (χ3n) is 5.37. The van der Waals surface area contributed by atoms with Crippen LogP contribution in [0.15, 0.2) is 72.8 Å². The molecule has 3 aromatic rings. The highest BCUT2D eigenvalue weighted by Crippen LogP contribution is 2.44. The molecule has 1 fully saturated rings. The number of hydrogen-bond donors (Lipinski definition) is 1. The molecule has 1 saturated heterocycles. The van der Waals surface area contributed by atoms with Gasteiger partial charge in [0.2, 0.25) is 5.91 Å². The molecule has 32 heavy (non-hydrogen) atoms. The topological polar surface area (TPSA) is 66.8 Å². The number of carboxylic acids is 1. The van der Waals surface area contributed by atoms with Gasteiger partial charge < -0.3 is 14.7 Å². The number of carbonyl (C=O) groups excluding carboxylic acids is 1. The van der Waals surface area contributed by atoms with E-state index in [0.717, 1.165) is 5.56 Å². The molecule has 5 nitrogen and oxygen atoms in total. The van der Waals surface area contributed by atoms with E-state index in [1.54, 1.807) is 60.7 Å². The zero-order valence-corrected chi connectivity index (χ0v) is 18.9. The van der Waals surface area contributed by atoms with Crippen LogP contribution in [0.4, 0.5) is 0 Å². The molecule has 0 saturated carbocycles. The number of carbonyl (C=O) groups is 2. The highest BCUT2D eigenvalue weighted by atomic mass is 35.5. The Morgan fingerprint density at radius 2 is 1.31 bits per heavy atom. The van der Waals surface area contributed by atoms with Crippen LogP contribution >= 0.6 is 34.8 Å². The lowest BCUT2D eigenvalue weighted by molar-refractivity contribution is -0.171. The largest absolute Gasteiger partial charge is 0.479 e. The zero-order chi connectivity index (χ0) is 22.8. The van der Waals surface area contributed by atoms with Crippen LogP contribution in [0.5, 0.6) is 0 Å². The van der Waals surface area contributed by atoms with Gasteiger partial charge in [-0.25, -0.2) is 4.79 Å². The van der Waals surface area contributed by atoms with Crippen molar-refractivity contribution in [2.75, 3.05) is 6.61 Å². The summed E-state index contributed by atoms with van der Waals surface area (Å²) in [6.07, 6.45) is -0.611. The Hall–Kier alpha value is -2.57. The number of halogens is 3. The minimum Gasteiger partial charge on any atom is -0.479 e. The molecule has 0 bridgehead atoms. The molecule has 1 heterocycles. The van der Waals surface area contributed by atoms with Gasteiger partial charge in [0, 0.05) is 15.1 Å². The monoisotopic (exact) mass is 489 g/mol. The lowest BCUT2D eigenvalue weighted by atomic mass is 9.90. The predicted molar refractivity (Wildman–Crippen MR) is 123 cm³/mol. The maximum Gasteiger partial charge on any atom is 0.331 e. The number of hydrogen-bond acceptors (Lipinski definition) is 3. The van der Waals surface area contributed by atoms with Crippen LogP contribution in [-0.2, 0) is 14.3 Å². The second-order valence-electron chi connectivity index (χ2n) is 7.37. The normalized spacial score (nSPS) is 19.6. The maximum absolute atomic E-state index is 13.1. The first kappa shape index (κ1) is 22.6. The molecule has 0 unspecified atom stereocenters. The summed E-state index contributed by atoms with van der Waals surface area (Å²) in [5, 5.41) is 11.7. The average Bonchev–Trinajstić information content (AvgIpc) is 2.77. The van der Waals surface area contributed by atoms with E-state index >= 15 is 0 Å². The van der Waals surface area contributed by atoms with Crippen molar-refractivity contribution in [3.63, 3.8) is 0 Å². The predicted octanol–water partition coefficient (Wildman–Crippen LogP) is 6.11. The molecule has 1 N–H and O–H groups in total. The molecule has 0 spiro atoms. The third kappa shape index (κ3) is 4.62. The van der Waals surface area contributed by atoms with Crippen LogP contribution < -0.4 is 0 Å². The fraction of sp³-hybridized carbons (Fsp3) is 0.167. The molecule has 0 aliphatic carbocycles. The van der Waals surface area contributed by atoms with Gasteiger partial charge in [0.15, 0.2) is 6.04 Å². The minimum atomic E-state index is -1.24. The van der Waals surface area contributed by atoms with Crippen LogP contribution in [-0.4, -0.2) is 28.5 Å². The van der Waals surface area contributed by atoms with Crippen molar-refractivity contribution in [1.82, 2.24) is 4.90 Å². The highest BCUT2D eigenvalue weighted by molar-refractivity contribution is 6.31. The number of benzene rings is 3. The number of aliphatic carboxylic acids is 1. The minimum absolute atomic E-state index is 0.255. The molecule has 1 aliphatic rings. The molecule has 1 aliphatic heterocycles. The fourth-order valence-electron chi connectivity index (χ4n) is 3.93. The zero-order valence-electron chi connectivity index (χ0n) is 16.6. The molecule has 4 rings (SSSR count). The Morgan fingerprint density at radius 3 is 1.81 bits per heavy atom. The van der Waals surface area contributed by atoms with Crippen molar-refractivity contribution in [1.29, 1.82) is 0 Å². The number of carboxylic acid groups (broad SMARTS) is 1. The summed E-state index contributed by atoms with van der Waals surface area (Å²) in [6, 6.07) is 18.5. The first-order chi connectivity index (χ1) is 15.3. The van der Waals surface area contributed by atoms with E-state index in [9.17, 15) is 14.7 Å². The summed E-state index contributed by atoms with van der Waals surface area (Å²) in [7, 11) is 0. The summed E-state index contributed by atoms with van der Waals surface area (Å²) in [5.74, 6) is -1.59. The quantitative estimate of drug-likeness (QED) is 0.468. The molecule has 164 valence electrons. The van der Waals surface area contributed by atoms with Gasteiger partial charge in [-0.15, -0.1) is 0 Å². The van der Waals surface area contributed by atoms with Gasteiger partial charge in [-0.1, -0.05) is 71.2 Å². The number of amides is 1. The maximum atomic E-state index is 13.1. The number of morpholine rings is 1. The van der Waals surface area contributed by atoms with Crippen molar-refractivity contribution in [2.45, 2.75) is 18.2 Å². The van der Waals surface area contributed by atoms with Crippen molar-refractivity contribution in [3.8, 4) is 0 Å².